The summed E-state index contributed by atoms with van der Waals surface area (Å²) in [6.45, 7) is 2.10. The molecule has 112 valence electrons. The van der Waals surface area contributed by atoms with Crippen LogP contribution in [-0.2, 0) is 9.53 Å². The topological polar surface area (TPSA) is 47.6 Å². The number of carbonyl (C=O) groups excluding carboxylic acids is 1. The van der Waals surface area contributed by atoms with E-state index in [1.807, 2.05) is 0 Å². The number of hydrogen-bond donors (Lipinski definition) is 1. The molecule has 20 heavy (non-hydrogen) atoms. The molecular formula is C14H19Cl2NO3. The van der Waals surface area contributed by atoms with Crippen molar-refractivity contribution in [2.75, 3.05) is 19.6 Å². The van der Waals surface area contributed by atoms with E-state index >= 15 is 0 Å². The van der Waals surface area contributed by atoms with Gasteiger partial charge in [0.05, 0.1) is 12.6 Å². The minimum Gasteiger partial charge on any atom is -0.481 e. The molecule has 0 aliphatic rings. The van der Waals surface area contributed by atoms with Crippen LogP contribution in [0.3, 0.4) is 0 Å². The molecule has 6 heteroatoms. The second-order valence-electron chi connectivity index (χ2n) is 4.36. The van der Waals surface area contributed by atoms with Crippen molar-refractivity contribution in [1.29, 1.82) is 0 Å². The lowest BCUT2D eigenvalue weighted by molar-refractivity contribution is -0.128. The molecule has 0 radical (unpaired) electrons. The van der Waals surface area contributed by atoms with Crippen molar-refractivity contribution >= 4 is 29.1 Å². The van der Waals surface area contributed by atoms with Gasteiger partial charge in [0.1, 0.15) is 5.75 Å². The smallest absolute Gasteiger partial charge is 0.261 e. The van der Waals surface area contributed by atoms with Crippen LogP contribution in [0.2, 0.25) is 5.02 Å². The van der Waals surface area contributed by atoms with Gasteiger partial charge in [0, 0.05) is 18.0 Å². The highest BCUT2D eigenvalue weighted by molar-refractivity contribution is 6.30. The molecule has 0 heterocycles. The summed E-state index contributed by atoms with van der Waals surface area (Å²) in [6, 6.07) is 6.81. The van der Waals surface area contributed by atoms with Crippen molar-refractivity contribution in [1.82, 2.24) is 5.32 Å². The Morgan fingerprint density at radius 2 is 2.20 bits per heavy atom. The number of amides is 1. The fourth-order valence-corrected chi connectivity index (χ4v) is 2.09. The first-order valence-corrected chi connectivity index (χ1v) is 7.25. The van der Waals surface area contributed by atoms with Gasteiger partial charge >= 0.3 is 0 Å². The lowest BCUT2D eigenvalue weighted by atomic mass is 10.2. The minimum atomic E-state index is -0.622. The van der Waals surface area contributed by atoms with Crippen LogP contribution >= 0.6 is 23.2 Å². The van der Waals surface area contributed by atoms with Crippen molar-refractivity contribution in [2.45, 2.75) is 25.5 Å². The Labute approximate surface area is 129 Å². The van der Waals surface area contributed by atoms with Gasteiger partial charge in [0.25, 0.3) is 5.91 Å². The molecule has 0 saturated carbocycles. The zero-order chi connectivity index (χ0) is 15.0. The van der Waals surface area contributed by atoms with Crippen LogP contribution < -0.4 is 10.1 Å². The van der Waals surface area contributed by atoms with Gasteiger partial charge in [-0.2, -0.15) is 0 Å². The van der Waals surface area contributed by atoms with Crippen LogP contribution in [0.4, 0.5) is 0 Å². The highest BCUT2D eigenvalue weighted by Gasteiger charge is 2.18. The maximum absolute atomic E-state index is 12.0. The molecular weight excluding hydrogens is 301 g/mol. The Balaban J connectivity index is 2.53. The number of methoxy groups -OCH3 is 1. The molecule has 1 aromatic carbocycles. The maximum Gasteiger partial charge on any atom is 0.261 e. The van der Waals surface area contributed by atoms with Gasteiger partial charge in [0.15, 0.2) is 6.10 Å². The van der Waals surface area contributed by atoms with Gasteiger partial charge in [-0.3, -0.25) is 4.79 Å². The molecule has 0 aliphatic carbocycles. The van der Waals surface area contributed by atoms with E-state index in [-0.39, 0.29) is 11.9 Å². The van der Waals surface area contributed by atoms with E-state index in [1.165, 1.54) is 0 Å². The van der Waals surface area contributed by atoms with Gasteiger partial charge in [-0.25, -0.2) is 0 Å². The normalized spacial score (nSPS) is 13.6. The number of nitrogens with one attached hydrogen (secondary N) is 1. The van der Waals surface area contributed by atoms with Crippen LogP contribution in [0, 0.1) is 0 Å². The van der Waals surface area contributed by atoms with E-state index in [2.05, 4.69) is 5.32 Å². The van der Waals surface area contributed by atoms with Gasteiger partial charge in [-0.15, -0.1) is 11.6 Å². The Morgan fingerprint density at radius 3 is 2.80 bits per heavy atom. The molecule has 0 spiro atoms. The first-order valence-electron chi connectivity index (χ1n) is 6.34. The van der Waals surface area contributed by atoms with E-state index in [4.69, 9.17) is 32.7 Å². The first-order chi connectivity index (χ1) is 9.56. The van der Waals surface area contributed by atoms with E-state index in [0.29, 0.717) is 29.7 Å². The van der Waals surface area contributed by atoms with Crippen molar-refractivity contribution in [2.24, 2.45) is 0 Å². The number of alkyl halides is 1. The Morgan fingerprint density at radius 1 is 1.45 bits per heavy atom. The molecule has 0 aromatic heterocycles. The summed E-state index contributed by atoms with van der Waals surface area (Å²) in [7, 11) is 1.58. The summed E-state index contributed by atoms with van der Waals surface area (Å²) >= 11 is 11.6. The SMILES string of the molecule is COCC(CCCl)NC(=O)C(C)Oc1cccc(Cl)c1. The zero-order valence-corrected chi connectivity index (χ0v) is 13.1. The predicted octanol–water partition coefficient (Wildman–Crippen LogP) is 2.87. The van der Waals surface area contributed by atoms with Crippen LogP contribution in [0.15, 0.2) is 24.3 Å². The summed E-state index contributed by atoms with van der Waals surface area (Å²) in [5.41, 5.74) is 0. The van der Waals surface area contributed by atoms with Crippen LogP contribution in [0.5, 0.6) is 5.75 Å². The van der Waals surface area contributed by atoms with Gasteiger partial charge < -0.3 is 14.8 Å². The average Bonchev–Trinajstić information content (AvgIpc) is 2.39. The molecule has 1 N–H and O–H groups in total. The number of halogens is 2. The predicted molar refractivity (Wildman–Crippen MR) is 80.7 cm³/mol. The van der Waals surface area contributed by atoms with Crippen molar-refractivity contribution in [3.63, 3.8) is 0 Å². The number of carbonyl (C=O) groups is 1. The lowest BCUT2D eigenvalue weighted by Gasteiger charge is -2.20. The summed E-state index contributed by atoms with van der Waals surface area (Å²) < 4.78 is 10.6. The second-order valence-corrected chi connectivity index (χ2v) is 5.17. The summed E-state index contributed by atoms with van der Waals surface area (Å²) in [6.07, 6.45) is 0.0218. The fraction of sp³-hybridized carbons (Fsp3) is 0.500. The highest BCUT2D eigenvalue weighted by atomic mass is 35.5. The van der Waals surface area contributed by atoms with Gasteiger partial charge in [0.2, 0.25) is 0 Å². The third kappa shape index (κ3) is 5.99. The van der Waals surface area contributed by atoms with Crippen molar-refractivity contribution in [3.05, 3.63) is 29.3 Å². The average molecular weight is 320 g/mol. The molecule has 0 bridgehead atoms. The second kappa shape index (κ2) is 9.06. The number of hydrogen-bond acceptors (Lipinski definition) is 3. The standard InChI is InChI=1S/C14H19Cl2NO3/c1-10(20-13-5-3-4-11(16)8-13)14(18)17-12(6-7-15)9-19-2/h3-5,8,10,12H,6-7,9H2,1-2H3,(H,17,18). The number of rotatable bonds is 8. The molecule has 0 aliphatic heterocycles. The summed E-state index contributed by atoms with van der Waals surface area (Å²) in [4.78, 5) is 12.0. The van der Waals surface area contributed by atoms with E-state index in [1.54, 1.807) is 38.3 Å². The number of benzene rings is 1. The van der Waals surface area contributed by atoms with Crippen LogP contribution in [-0.4, -0.2) is 37.6 Å². The number of ether oxygens (including phenoxy) is 2. The van der Waals surface area contributed by atoms with Gasteiger partial charge in [-0.05, 0) is 31.5 Å². The lowest BCUT2D eigenvalue weighted by Crippen LogP contribution is -2.44. The Hall–Kier alpha value is -0.970. The minimum absolute atomic E-state index is 0.115. The third-order valence-corrected chi connectivity index (χ3v) is 3.10. The fourth-order valence-electron chi connectivity index (χ4n) is 1.65. The van der Waals surface area contributed by atoms with Crippen molar-refractivity contribution < 1.29 is 14.3 Å². The molecule has 0 saturated heterocycles. The summed E-state index contributed by atoms with van der Waals surface area (Å²) in [5.74, 6) is 0.801. The zero-order valence-electron chi connectivity index (χ0n) is 11.6. The molecule has 4 nitrogen and oxygen atoms in total. The molecule has 2 unspecified atom stereocenters. The van der Waals surface area contributed by atoms with Crippen molar-refractivity contribution in [3.8, 4) is 5.75 Å². The van der Waals surface area contributed by atoms with Crippen LogP contribution in [0.1, 0.15) is 13.3 Å². The maximum atomic E-state index is 12.0. The Bertz CT molecular complexity index is 423. The van der Waals surface area contributed by atoms with E-state index in [9.17, 15) is 4.79 Å². The largest absolute Gasteiger partial charge is 0.481 e. The van der Waals surface area contributed by atoms with Gasteiger partial charge in [-0.1, -0.05) is 17.7 Å². The Kier molecular flexibility index (Phi) is 7.73. The molecule has 1 amide bonds. The van der Waals surface area contributed by atoms with Crippen LogP contribution in [0.25, 0.3) is 0 Å². The first kappa shape index (κ1) is 17.1. The molecule has 1 rings (SSSR count). The molecule has 1 aromatic rings. The highest BCUT2D eigenvalue weighted by Crippen LogP contribution is 2.18. The monoisotopic (exact) mass is 319 g/mol. The summed E-state index contributed by atoms with van der Waals surface area (Å²) in [5, 5.41) is 3.41. The quantitative estimate of drug-likeness (QED) is 0.749. The molecule has 2 atom stereocenters. The third-order valence-electron chi connectivity index (χ3n) is 2.65. The van der Waals surface area contributed by atoms with E-state index in [0.717, 1.165) is 0 Å². The molecule has 0 fully saturated rings. The van der Waals surface area contributed by atoms with E-state index < -0.39 is 6.10 Å².